The molecule has 0 radical (unpaired) electrons. The fourth-order valence-corrected chi connectivity index (χ4v) is 5.51. The number of aromatic nitrogens is 3. The Morgan fingerprint density at radius 2 is 1.89 bits per heavy atom. The number of hydrogen-bond acceptors (Lipinski definition) is 5. The molecule has 2 N–H and O–H groups in total. The highest BCUT2D eigenvalue weighted by atomic mass is 16.5. The van der Waals surface area contributed by atoms with Crippen molar-refractivity contribution in [3.8, 4) is 11.1 Å². The van der Waals surface area contributed by atoms with Crippen molar-refractivity contribution < 1.29 is 9.53 Å². The van der Waals surface area contributed by atoms with Gasteiger partial charge in [0.1, 0.15) is 5.82 Å². The fraction of sp³-hybridized carbons (Fsp3) is 0.387. The highest BCUT2D eigenvalue weighted by Crippen LogP contribution is 2.30. The molecular weight excluding hydrogens is 474 g/mol. The minimum atomic E-state index is -0.213. The number of hydrogen-bond donors (Lipinski definition) is 1. The molecule has 1 aliphatic rings. The van der Waals surface area contributed by atoms with Crippen LogP contribution in [-0.2, 0) is 22.5 Å². The van der Waals surface area contributed by atoms with Crippen molar-refractivity contribution in [3.05, 3.63) is 84.4 Å². The Bertz CT molecular complexity index is 1340. The van der Waals surface area contributed by atoms with E-state index in [2.05, 4.69) is 45.9 Å². The van der Waals surface area contributed by atoms with Crippen LogP contribution in [0, 0.1) is 0 Å². The molecule has 3 heterocycles. The van der Waals surface area contributed by atoms with Crippen LogP contribution in [0.4, 0.5) is 0 Å². The first-order chi connectivity index (χ1) is 18.6. The molecule has 7 nitrogen and oxygen atoms in total. The van der Waals surface area contributed by atoms with Crippen LogP contribution in [0.2, 0.25) is 0 Å². The second-order valence-electron chi connectivity index (χ2n) is 10.2. The maximum Gasteiger partial charge on any atom is 0.224 e. The molecule has 7 heteroatoms. The number of nitrogens with zero attached hydrogens (tertiary/aromatic N) is 4. The van der Waals surface area contributed by atoms with E-state index in [0.717, 1.165) is 54.8 Å². The first kappa shape index (κ1) is 26.1. The third-order valence-corrected chi connectivity index (χ3v) is 7.45. The summed E-state index contributed by atoms with van der Waals surface area (Å²) in [6.45, 7) is 2.98. The third kappa shape index (κ3) is 6.11. The zero-order valence-electron chi connectivity index (χ0n) is 22.1. The number of imidazole rings is 1. The van der Waals surface area contributed by atoms with Crippen molar-refractivity contribution in [2.45, 2.75) is 50.6 Å². The lowest BCUT2D eigenvalue weighted by Gasteiger charge is -2.33. The van der Waals surface area contributed by atoms with Gasteiger partial charge in [-0.1, -0.05) is 54.6 Å². The van der Waals surface area contributed by atoms with E-state index in [1.54, 1.807) is 13.3 Å². The van der Waals surface area contributed by atoms with Crippen LogP contribution in [-0.4, -0.2) is 58.2 Å². The summed E-state index contributed by atoms with van der Waals surface area (Å²) < 4.78 is 7.55. The van der Waals surface area contributed by atoms with Crippen LogP contribution in [0.1, 0.15) is 43.0 Å². The number of aryl methyl sites for hydroxylation is 1. The van der Waals surface area contributed by atoms with Crippen LogP contribution < -0.4 is 5.73 Å². The van der Waals surface area contributed by atoms with Gasteiger partial charge >= 0.3 is 0 Å². The molecule has 1 aliphatic heterocycles. The van der Waals surface area contributed by atoms with E-state index in [9.17, 15) is 4.79 Å². The molecule has 38 heavy (non-hydrogen) atoms. The van der Waals surface area contributed by atoms with Gasteiger partial charge in [-0.15, -0.1) is 0 Å². The van der Waals surface area contributed by atoms with E-state index >= 15 is 0 Å². The van der Waals surface area contributed by atoms with Crippen LogP contribution in [0.5, 0.6) is 0 Å². The Labute approximate surface area is 224 Å². The van der Waals surface area contributed by atoms with E-state index in [1.807, 2.05) is 35.4 Å². The Morgan fingerprint density at radius 1 is 1.11 bits per heavy atom. The first-order valence-corrected chi connectivity index (χ1v) is 13.6. The number of pyridine rings is 1. The number of carbonyl (C=O) groups is 1. The Hall–Kier alpha value is -3.55. The number of carbonyl (C=O) groups excluding carboxylic acids is 1. The van der Waals surface area contributed by atoms with E-state index in [4.69, 9.17) is 15.5 Å². The Balaban J connectivity index is 1.21. The molecule has 0 saturated carbocycles. The maximum absolute atomic E-state index is 13.3. The quantitative estimate of drug-likeness (QED) is 0.309. The highest BCUT2D eigenvalue weighted by Gasteiger charge is 2.29. The molecule has 1 amide bonds. The lowest BCUT2D eigenvalue weighted by molar-refractivity contribution is -0.132. The summed E-state index contributed by atoms with van der Waals surface area (Å²) in [6.07, 6.45) is 7.58. The molecule has 5 rings (SSSR count). The molecular formula is C31H37N5O2. The van der Waals surface area contributed by atoms with Gasteiger partial charge in [0.2, 0.25) is 5.91 Å². The molecule has 2 unspecified atom stereocenters. The smallest absolute Gasteiger partial charge is 0.224 e. The molecule has 0 bridgehead atoms. The Morgan fingerprint density at radius 3 is 2.68 bits per heavy atom. The predicted molar refractivity (Wildman–Crippen MR) is 151 cm³/mol. The molecule has 2 atom stereocenters. The number of benzene rings is 2. The van der Waals surface area contributed by atoms with Gasteiger partial charge in [-0.2, -0.15) is 0 Å². The van der Waals surface area contributed by atoms with Crippen molar-refractivity contribution in [3.63, 3.8) is 0 Å². The van der Waals surface area contributed by atoms with Crippen molar-refractivity contribution >= 4 is 16.9 Å². The highest BCUT2D eigenvalue weighted by molar-refractivity contribution is 5.77. The number of piperidine rings is 1. The van der Waals surface area contributed by atoms with Gasteiger partial charge in [-0.3, -0.25) is 9.78 Å². The van der Waals surface area contributed by atoms with Crippen molar-refractivity contribution in [1.29, 1.82) is 0 Å². The molecule has 0 spiro atoms. The van der Waals surface area contributed by atoms with E-state index in [0.29, 0.717) is 26.0 Å². The minimum Gasteiger partial charge on any atom is -0.385 e. The second kappa shape index (κ2) is 12.3. The van der Waals surface area contributed by atoms with Crippen molar-refractivity contribution in [1.82, 2.24) is 19.4 Å². The lowest BCUT2D eigenvalue weighted by atomic mass is 9.95. The largest absolute Gasteiger partial charge is 0.385 e. The van der Waals surface area contributed by atoms with Crippen molar-refractivity contribution in [2.75, 3.05) is 26.8 Å². The topological polar surface area (TPSA) is 86.3 Å². The third-order valence-electron chi connectivity index (χ3n) is 7.45. The number of likely N-dealkylation sites (tertiary alicyclic amines) is 1. The van der Waals surface area contributed by atoms with E-state index < -0.39 is 0 Å². The van der Waals surface area contributed by atoms with Crippen LogP contribution >= 0.6 is 0 Å². The molecule has 2 aromatic heterocycles. The fourth-order valence-electron chi connectivity index (χ4n) is 5.51. The molecule has 4 aromatic rings. The number of rotatable bonds is 10. The van der Waals surface area contributed by atoms with Gasteiger partial charge in [-0.25, -0.2) is 4.98 Å². The predicted octanol–water partition coefficient (Wildman–Crippen LogP) is 4.80. The van der Waals surface area contributed by atoms with Crippen LogP contribution in [0.25, 0.3) is 22.2 Å². The van der Waals surface area contributed by atoms with E-state index in [-0.39, 0.29) is 17.9 Å². The SMILES string of the molecule is COCCCn1c(C2CCCN(C(=O)CC(N)Cc3ccc(-c4ccccc4)cc3)C2)nc2ccncc21. The molecule has 1 saturated heterocycles. The zero-order valence-corrected chi connectivity index (χ0v) is 22.1. The summed E-state index contributed by atoms with van der Waals surface area (Å²) >= 11 is 0. The molecule has 0 aliphatic carbocycles. The summed E-state index contributed by atoms with van der Waals surface area (Å²) in [5, 5.41) is 0. The summed E-state index contributed by atoms with van der Waals surface area (Å²) in [7, 11) is 1.73. The van der Waals surface area contributed by atoms with Gasteiger partial charge in [0.25, 0.3) is 0 Å². The van der Waals surface area contributed by atoms with Crippen LogP contribution in [0.15, 0.2) is 73.1 Å². The zero-order chi connectivity index (χ0) is 26.3. The van der Waals surface area contributed by atoms with Gasteiger partial charge in [-0.05, 0) is 48.4 Å². The number of ether oxygens (including phenoxy) is 1. The van der Waals surface area contributed by atoms with Crippen LogP contribution in [0.3, 0.4) is 0 Å². The molecule has 198 valence electrons. The second-order valence-corrected chi connectivity index (χ2v) is 10.2. The normalized spacial score (nSPS) is 16.6. The number of methoxy groups -OCH3 is 1. The molecule has 1 fully saturated rings. The monoisotopic (exact) mass is 511 g/mol. The van der Waals surface area contributed by atoms with Gasteiger partial charge < -0.3 is 19.9 Å². The lowest BCUT2D eigenvalue weighted by Crippen LogP contribution is -2.42. The number of amides is 1. The average Bonchev–Trinajstić information content (AvgIpc) is 3.33. The summed E-state index contributed by atoms with van der Waals surface area (Å²) in [5.41, 5.74) is 12.0. The first-order valence-electron chi connectivity index (χ1n) is 13.6. The standard InChI is InChI=1S/C31H37N5O2/c1-38-18-6-17-36-29-21-33-15-14-28(29)34-31(36)26-9-5-16-35(22-26)30(37)20-27(32)19-23-10-12-25(13-11-23)24-7-3-2-4-8-24/h2-4,7-8,10-15,21,26-27H,5-6,9,16-20,22,32H2,1H3. The summed E-state index contributed by atoms with van der Waals surface area (Å²) in [5.74, 6) is 1.38. The minimum absolute atomic E-state index is 0.131. The van der Waals surface area contributed by atoms with Gasteiger partial charge in [0.15, 0.2) is 0 Å². The summed E-state index contributed by atoms with van der Waals surface area (Å²) in [6, 6.07) is 20.6. The van der Waals surface area contributed by atoms with E-state index in [1.165, 1.54) is 11.1 Å². The van der Waals surface area contributed by atoms with Gasteiger partial charge in [0, 0.05) is 57.9 Å². The molecule has 2 aromatic carbocycles. The number of nitrogens with two attached hydrogens (primary N) is 1. The number of fused-ring (bicyclic) bond motifs is 1. The Kier molecular flexibility index (Phi) is 8.46. The average molecular weight is 512 g/mol. The van der Waals surface area contributed by atoms with Crippen molar-refractivity contribution in [2.24, 2.45) is 5.73 Å². The summed E-state index contributed by atoms with van der Waals surface area (Å²) in [4.78, 5) is 24.6. The van der Waals surface area contributed by atoms with Gasteiger partial charge in [0.05, 0.1) is 17.2 Å². The maximum atomic E-state index is 13.3.